The van der Waals surface area contributed by atoms with E-state index in [0.717, 1.165) is 17.7 Å². The molecule has 0 atom stereocenters. The van der Waals surface area contributed by atoms with Gasteiger partial charge in [0.15, 0.2) is 0 Å². The van der Waals surface area contributed by atoms with Crippen molar-refractivity contribution in [2.45, 2.75) is 13.1 Å². The molecule has 1 aromatic heterocycles. The molecule has 0 aliphatic carbocycles. The highest BCUT2D eigenvalue weighted by molar-refractivity contribution is 5.63. The molecule has 2 aromatic rings. The molecule has 1 aromatic carbocycles. The average Bonchev–Trinajstić information content (AvgIpc) is 2.29. The van der Waals surface area contributed by atoms with Crippen molar-refractivity contribution in [1.29, 1.82) is 0 Å². The van der Waals surface area contributed by atoms with Crippen LogP contribution in [0.3, 0.4) is 0 Å². The molecule has 0 bridgehead atoms. The van der Waals surface area contributed by atoms with Crippen molar-refractivity contribution >= 4 is 0 Å². The van der Waals surface area contributed by atoms with Crippen LogP contribution in [0.1, 0.15) is 11.1 Å². The van der Waals surface area contributed by atoms with Gasteiger partial charge in [0.2, 0.25) is 0 Å². The predicted octanol–water partition coefficient (Wildman–Crippen LogP) is 3.47. The number of benzene rings is 1. The first-order chi connectivity index (χ1) is 7.98. The standard InChI is InChI=1S/C12H9F3N2/c1-8-2-3-9(12(13,14)15)6-10(8)11-7-16-4-5-17-11/h2-7H,1H3. The van der Waals surface area contributed by atoms with Gasteiger partial charge in [-0.25, -0.2) is 0 Å². The van der Waals surface area contributed by atoms with Crippen LogP contribution in [-0.2, 0) is 6.18 Å². The van der Waals surface area contributed by atoms with E-state index in [2.05, 4.69) is 9.97 Å². The van der Waals surface area contributed by atoms with Gasteiger partial charge in [0.25, 0.3) is 0 Å². The van der Waals surface area contributed by atoms with Gasteiger partial charge in [-0.2, -0.15) is 13.2 Å². The van der Waals surface area contributed by atoms with Gasteiger partial charge in [0.05, 0.1) is 17.5 Å². The molecule has 5 heteroatoms. The Morgan fingerprint density at radius 2 is 1.88 bits per heavy atom. The summed E-state index contributed by atoms with van der Waals surface area (Å²) < 4.78 is 37.7. The van der Waals surface area contributed by atoms with E-state index >= 15 is 0 Å². The number of rotatable bonds is 1. The van der Waals surface area contributed by atoms with Gasteiger partial charge in [-0.15, -0.1) is 0 Å². The first kappa shape index (κ1) is 11.6. The number of hydrogen-bond donors (Lipinski definition) is 0. The zero-order valence-corrected chi connectivity index (χ0v) is 8.99. The number of aromatic nitrogens is 2. The minimum Gasteiger partial charge on any atom is -0.261 e. The fourth-order valence-electron chi connectivity index (χ4n) is 1.51. The summed E-state index contributed by atoms with van der Waals surface area (Å²) in [5.74, 6) is 0. The van der Waals surface area contributed by atoms with Crippen LogP contribution in [0.5, 0.6) is 0 Å². The highest BCUT2D eigenvalue weighted by Crippen LogP contribution is 2.32. The maximum Gasteiger partial charge on any atom is 0.416 e. The van der Waals surface area contributed by atoms with Crippen LogP contribution in [0.25, 0.3) is 11.3 Å². The fraction of sp³-hybridized carbons (Fsp3) is 0.167. The average molecular weight is 238 g/mol. The monoisotopic (exact) mass is 238 g/mol. The van der Waals surface area contributed by atoms with Crippen molar-refractivity contribution in [1.82, 2.24) is 9.97 Å². The summed E-state index contributed by atoms with van der Waals surface area (Å²) in [6, 6.07) is 3.60. The van der Waals surface area contributed by atoms with Crippen LogP contribution >= 0.6 is 0 Å². The second-order valence-electron chi connectivity index (χ2n) is 3.62. The van der Waals surface area contributed by atoms with Crippen molar-refractivity contribution in [3.63, 3.8) is 0 Å². The van der Waals surface area contributed by atoms with E-state index < -0.39 is 11.7 Å². The first-order valence-electron chi connectivity index (χ1n) is 4.93. The molecular weight excluding hydrogens is 229 g/mol. The maximum absolute atomic E-state index is 12.6. The second kappa shape index (κ2) is 4.16. The van der Waals surface area contributed by atoms with Crippen LogP contribution in [0.2, 0.25) is 0 Å². The SMILES string of the molecule is Cc1ccc(C(F)(F)F)cc1-c1cnccn1. The van der Waals surface area contributed by atoms with Gasteiger partial charge < -0.3 is 0 Å². The third kappa shape index (κ3) is 2.43. The lowest BCUT2D eigenvalue weighted by Crippen LogP contribution is -2.05. The molecule has 88 valence electrons. The van der Waals surface area contributed by atoms with Crippen molar-refractivity contribution in [3.05, 3.63) is 47.9 Å². The summed E-state index contributed by atoms with van der Waals surface area (Å²) in [6.07, 6.45) is 0.0363. The Morgan fingerprint density at radius 3 is 2.47 bits per heavy atom. The second-order valence-corrected chi connectivity index (χ2v) is 3.62. The molecule has 0 N–H and O–H groups in total. The summed E-state index contributed by atoms with van der Waals surface area (Å²) in [5.41, 5.74) is 0.950. The molecule has 0 unspecified atom stereocenters. The van der Waals surface area contributed by atoms with Crippen LogP contribution in [-0.4, -0.2) is 9.97 Å². The topological polar surface area (TPSA) is 25.8 Å². The zero-order valence-electron chi connectivity index (χ0n) is 8.99. The smallest absolute Gasteiger partial charge is 0.261 e. The summed E-state index contributed by atoms with van der Waals surface area (Å²) in [5, 5.41) is 0. The highest BCUT2D eigenvalue weighted by Gasteiger charge is 2.30. The zero-order chi connectivity index (χ0) is 12.5. The summed E-state index contributed by atoms with van der Waals surface area (Å²) in [4.78, 5) is 7.85. The molecule has 2 nitrogen and oxygen atoms in total. The molecule has 0 aliphatic rings. The Morgan fingerprint density at radius 1 is 1.12 bits per heavy atom. The van der Waals surface area contributed by atoms with E-state index in [-0.39, 0.29) is 0 Å². The first-order valence-corrected chi connectivity index (χ1v) is 4.93. The summed E-state index contributed by atoms with van der Waals surface area (Å²) in [7, 11) is 0. The third-order valence-electron chi connectivity index (χ3n) is 2.40. The largest absolute Gasteiger partial charge is 0.416 e. The van der Waals surface area contributed by atoms with Gasteiger partial charge >= 0.3 is 6.18 Å². The van der Waals surface area contributed by atoms with Crippen LogP contribution < -0.4 is 0 Å². The number of nitrogens with zero attached hydrogens (tertiary/aromatic N) is 2. The quantitative estimate of drug-likeness (QED) is 0.760. The van der Waals surface area contributed by atoms with Gasteiger partial charge in [0, 0.05) is 18.0 Å². The van der Waals surface area contributed by atoms with Gasteiger partial charge in [-0.3, -0.25) is 9.97 Å². The number of aryl methyl sites for hydroxylation is 1. The van der Waals surface area contributed by atoms with Crippen molar-refractivity contribution < 1.29 is 13.2 Å². The highest BCUT2D eigenvalue weighted by atomic mass is 19.4. The van der Waals surface area contributed by atoms with Crippen molar-refractivity contribution in [2.75, 3.05) is 0 Å². The van der Waals surface area contributed by atoms with Gasteiger partial charge in [0.1, 0.15) is 0 Å². The number of alkyl halides is 3. The Bertz CT molecular complexity index is 521. The minimum absolute atomic E-state index is 0.441. The van der Waals surface area contributed by atoms with E-state index in [9.17, 15) is 13.2 Å². The Labute approximate surface area is 96.2 Å². The minimum atomic E-state index is -4.34. The van der Waals surface area contributed by atoms with Gasteiger partial charge in [-0.05, 0) is 24.6 Å². The normalized spacial score (nSPS) is 11.5. The third-order valence-corrected chi connectivity index (χ3v) is 2.40. The van der Waals surface area contributed by atoms with E-state index in [1.54, 1.807) is 6.92 Å². The molecule has 17 heavy (non-hydrogen) atoms. The fourth-order valence-corrected chi connectivity index (χ4v) is 1.51. The van der Waals surface area contributed by atoms with E-state index in [1.165, 1.54) is 24.7 Å². The van der Waals surface area contributed by atoms with E-state index in [4.69, 9.17) is 0 Å². The van der Waals surface area contributed by atoms with Crippen molar-refractivity contribution in [2.24, 2.45) is 0 Å². The molecule has 1 heterocycles. The Kier molecular flexibility index (Phi) is 2.83. The maximum atomic E-state index is 12.6. The lowest BCUT2D eigenvalue weighted by atomic mass is 10.0. The molecule has 0 saturated heterocycles. The van der Waals surface area contributed by atoms with Crippen LogP contribution in [0.4, 0.5) is 13.2 Å². The molecule has 0 fully saturated rings. The molecule has 0 radical (unpaired) electrons. The predicted molar refractivity (Wildman–Crippen MR) is 57.2 cm³/mol. The Hall–Kier alpha value is -1.91. The number of hydrogen-bond acceptors (Lipinski definition) is 2. The van der Waals surface area contributed by atoms with Gasteiger partial charge in [-0.1, -0.05) is 6.07 Å². The van der Waals surface area contributed by atoms with Crippen molar-refractivity contribution in [3.8, 4) is 11.3 Å². The van der Waals surface area contributed by atoms with Crippen LogP contribution in [0.15, 0.2) is 36.8 Å². The summed E-state index contributed by atoms with van der Waals surface area (Å²) >= 11 is 0. The van der Waals surface area contributed by atoms with E-state index in [0.29, 0.717) is 11.3 Å². The molecule has 0 amide bonds. The molecule has 0 saturated carbocycles. The lowest BCUT2D eigenvalue weighted by molar-refractivity contribution is -0.137. The summed E-state index contributed by atoms with van der Waals surface area (Å²) in [6.45, 7) is 1.74. The lowest BCUT2D eigenvalue weighted by Gasteiger charge is -2.10. The molecular formula is C12H9F3N2. The molecule has 0 aliphatic heterocycles. The van der Waals surface area contributed by atoms with E-state index in [1.807, 2.05) is 0 Å². The molecule has 0 spiro atoms. The number of halogens is 3. The van der Waals surface area contributed by atoms with Crippen LogP contribution in [0, 0.1) is 6.92 Å². The Balaban J connectivity index is 2.55. The molecule has 2 rings (SSSR count).